The molecule has 8 heteroatoms. The summed E-state index contributed by atoms with van der Waals surface area (Å²) in [5, 5.41) is 3.40. The van der Waals surface area contributed by atoms with Crippen LogP contribution >= 0.6 is 11.3 Å². The van der Waals surface area contributed by atoms with Crippen LogP contribution in [0.5, 0.6) is 0 Å². The van der Waals surface area contributed by atoms with E-state index in [2.05, 4.69) is 17.2 Å². The first-order valence-electron chi connectivity index (χ1n) is 9.35. The fourth-order valence-corrected chi connectivity index (χ4v) is 4.53. The predicted molar refractivity (Wildman–Crippen MR) is 104 cm³/mol. The summed E-state index contributed by atoms with van der Waals surface area (Å²) in [4.78, 5) is 42.4. The lowest BCUT2D eigenvalue weighted by Crippen LogP contribution is -2.40. The summed E-state index contributed by atoms with van der Waals surface area (Å²) in [6.45, 7) is 5.87. The number of rotatable bonds is 5. The molecule has 2 aromatic rings. The second-order valence-corrected chi connectivity index (χ2v) is 8.16. The first-order valence-corrected chi connectivity index (χ1v) is 10.2. The summed E-state index contributed by atoms with van der Waals surface area (Å²) in [5.74, 6) is 0.0760. The summed E-state index contributed by atoms with van der Waals surface area (Å²) in [5.41, 5.74) is 0.249. The predicted octanol–water partition coefficient (Wildman–Crippen LogP) is 2.64. The molecule has 1 N–H and O–H groups in total. The molecule has 0 unspecified atom stereocenters. The molecule has 0 aliphatic heterocycles. The van der Waals surface area contributed by atoms with E-state index in [0.717, 1.165) is 37.0 Å². The van der Waals surface area contributed by atoms with Crippen LogP contribution in [0.3, 0.4) is 0 Å². The monoisotopic (exact) mass is 391 g/mol. The highest BCUT2D eigenvalue weighted by atomic mass is 32.1. The zero-order chi connectivity index (χ0) is 19.6. The Labute approximate surface area is 161 Å². The van der Waals surface area contributed by atoms with Crippen molar-refractivity contribution in [3.05, 3.63) is 27.1 Å². The van der Waals surface area contributed by atoms with Crippen molar-refractivity contribution >= 4 is 33.4 Å². The highest BCUT2D eigenvalue weighted by Gasteiger charge is 2.22. The van der Waals surface area contributed by atoms with Crippen LogP contribution in [-0.4, -0.2) is 34.1 Å². The molecule has 146 valence electrons. The quantitative estimate of drug-likeness (QED) is 0.792. The average Bonchev–Trinajstić information content (AvgIpc) is 2.97. The Balaban J connectivity index is 1.78. The fourth-order valence-electron chi connectivity index (χ4n) is 3.50. The molecule has 1 amide bonds. The van der Waals surface area contributed by atoms with E-state index in [4.69, 9.17) is 4.74 Å². The smallest absolute Gasteiger partial charge is 0.348 e. The second kappa shape index (κ2) is 8.21. The van der Waals surface area contributed by atoms with Crippen LogP contribution < -0.4 is 10.9 Å². The lowest BCUT2D eigenvalue weighted by atomic mass is 9.87. The third kappa shape index (κ3) is 4.21. The highest BCUT2D eigenvalue weighted by Crippen LogP contribution is 2.27. The van der Waals surface area contributed by atoms with Crippen molar-refractivity contribution in [2.75, 3.05) is 6.61 Å². The summed E-state index contributed by atoms with van der Waals surface area (Å²) in [7, 11) is 0. The van der Waals surface area contributed by atoms with E-state index in [0.29, 0.717) is 26.6 Å². The molecule has 0 spiro atoms. The Morgan fingerprint density at radius 3 is 2.70 bits per heavy atom. The van der Waals surface area contributed by atoms with Gasteiger partial charge in [-0.2, -0.15) is 0 Å². The second-order valence-electron chi connectivity index (χ2n) is 7.16. The minimum Gasteiger partial charge on any atom is -0.462 e. The van der Waals surface area contributed by atoms with Crippen LogP contribution in [0.25, 0.3) is 10.2 Å². The van der Waals surface area contributed by atoms with Crippen molar-refractivity contribution in [2.24, 2.45) is 5.92 Å². The summed E-state index contributed by atoms with van der Waals surface area (Å²) in [6, 6.07) is 0.180. The van der Waals surface area contributed by atoms with Gasteiger partial charge in [-0.3, -0.25) is 14.2 Å². The van der Waals surface area contributed by atoms with Crippen LogP contribution in [0, 0.1) is 12.8 Å². The van der Waals surface area contributed by atoms with Gasteiger partial charge < -0.3 is 10.1 Å². The minimum atomic E-state index is -0.451. The molecule has 0 aromatic carbocycles. The molecular weight excluding hydrogens is 366 g/mol. The maximum absolute atomic E-state index is 12.8. The van der Waals surface area contributed by atoms with Gasteiger partial charge >= 0.3 is 5.97 Å². The summed E-state index contributed by atoms with van der Waals surface area (Å²) in [6.07, 6.45) is 5.56. The lowest BCUT2D eigenvalue weighted by Gasteiger charge is -2.26. The van der Waals surface area contributed by atoms with Crippen molar-refractivity contribution < 1.29 is 14.3 Å². The zero-order valence-electron chi connectivity index (χ0n) is 15.9. The van der Waals surface area contributed by atoms with E-state index in [1.807, 2.05) is 0 Å². The molecular formula is C19H25N3O4S. The standard InChI is InChI=1S/C19H25N3O4S/c1-4-26-19(25)16-12(3)15-17(27-16)20-10-22(18(15)24)9-14(23)21-13-7-5-11(2)6-8-13/h10-11,13H,4-9H2,1-3H3,(H,21,23). The van der Waals surface area contributed by atoms with Gasteiger partial charge in [0.1, 0.15) is 16.3 Å². The first-order chi connectivity index (χ1) is 12.9. The zero-order valence-corrected chi connectivity index (χ0v) is 16.7. The van der Waals surface area contributed by atoms with Crippen molar-refractivity contribution in [1.82, 2.24) is 14.9 Å². The number of amides is 1. The average molecular weight is 391 g/mol. The number of ether oxygens (including phenoxy) is 1. The fraction of sp³-hybridized carbons (Fsp3) is 0.579. The molecule has 7 nitrogen and oxygen atoms in total. The number of aromatic nitrogens is 2. The van der Waals surface area contributed by atoms with Crippen LogP contribution in [0.2, 0.25) is 0 Å². The number of nitrogens with one attached hydrogen (secondary N) is 1. The maximum Gasteiger partial charge on any atom is 0.348 e. The van der Waals surface area contributed by atoms with Crippen molar-refractivity contribution in [2.45, 2.75) is 59.0 Å². The molecule has 2 heterocycles. The highest BCUT2D eigenvalue weighted by molar-refractivity contribution is 7.20. The molecule has 1 aliphatic rings. The SMILES string of the molecule is CCOC(=O)c1sc2ncn(CC(=O)NC3CCC(C)CC3)c(=O)c2c1C. The minimum absolute atomic E-state index is 0.0716. The topological polar surface area (TPSA) is 90.3 Å². The molecule has 0 saturated heterocycles. The van der Waals surface area contributed by atoms with E-state index >= 15 is 0 Å². The summed E-state index contributed by atoms with van der Waals surface area (Å²) >= 11 is 1.14. The number of esters is 1. The largest absolute Gasteiger partial charge is 0.462 e. The van der Waals surface area contributed by atoms with Gasteiger partial charge in [0.05, 0.1) is 18.3 Å². The summed E-state index contributed by atoms with van der Waals surface area (Å²) < 4.78 is 6.34. The van der Waals surface area contributed by atoms with E-state index in [9.17, 15) is 14.4 Å². The van der Waals surface area contributed by atoms with E-state index < -0.39 is 5.97 Å². The van der Waals surface area contributed by atoms with Crippen LogP contribution in [0.15, 0.2) is 11.1 Å². The Hall–Kier alpha value is -2.22. The molecule has 27 heavy (non-hydrogen) atoms. The van der Waals surface area contributed by atoms with Crippen LogP contribution in [0.4, 0.5) is 0 Å². The van der Waals surface area contributed by atoms with E-state index in [-0.39, 0.29) is 30.7 Å². The number of fused-ring (bicyclic) bond motifs is 1. The van der Waals surface area contributed by atoms with Gasteiger partial charge in [0.2, 0.25) is 5.91 Å². The molecule has 0 atom stereocenters. The molecule has 3 rings (SSSR count). The van der Waals surface area contributed by atoms with Crippen LogP contribution in [0.1, 0.15) is 54.8 Å². The number of aryl methyl sites for hydroxylation is 1. The Kier molecular flexibility index (Phi) is 5.94. The number of thiophene rings is 1. The molecule has 1 aliphatic carbocycles. The molecule has 0 bridgehead atoms. The van der Waals surface area contributed by atoms with Gasteiger partial charge in [-0.25, -0.2) is 9.78 Å². The van der Waals surface area contributed by atoms with Crippen molar-refractivity contribution in [3.8, 4) is 0 Å². The lowest BCUT2D eigenvalue weighted by molar-refractivity contribution is -0.122. The number of hydrogen-bond donors (Lipinski definition) is 1. The van der Waals surface area contributed by atoms with Gasteiger partial charge in [0.15, 0.2) is 0 Å². The molecule has 1 fully saturated rings. The molecule has 1 saturated carbocycles. The van der Waals surface area contributed by atoms with Crippen LogP contribution in [-0.2, 0) is 16.1 Å². The Morgan fingerprint density at radius 2 is 2.04 bits per heavy atom. The number of nitrogens with zero attached hydrogens (tertiary/aromatic N) is 2. The van der Waals surface area contributed by atoms with E-state index in [1.165, 1.54) is 10.9 Å². The van der Waals surface area contributed by atoms with Gasteiger partial charge in [0, 0.05) is 6.04 Å². The van der Waals surface area contributed by atoms with Gasteiger partial charge in [0.25, 0.3) is 5.56 Å². The van der Waals surface area contributed by atoms with Gasteiger partial charge in [-0.05, 0) is 51.0 Å². The first kappa shape index (κ1) is 19.5. The number of hydrogen-bond acceptors (Lipinski definition) is 6. The van der Waals surface area contributed by atoms with Crippen molar-refractivity contribution in [1.29, 1.82) is 0 Å². The molecule has 2 aromatic heterocycles. The van der Waals surface area contributed by atoms with Gasteiger partial charge in [-0.15, -0.1) is 11.3 Å². The Morgan fingerprint density at radius 1 is 1.33 bits per heavy atom. The maximum atomic E-state index is 12.8. The third-order valence-corrected chi connectivity index (χ3v) is 6.25. The third-order valence-electron chi connectivity index (χ3n) is 5.07. The van der Waals surface area contributed by atoms with Gasteiger partial charge in [-0.1, -0.05) is 6.92 Å². The Bertz CT molecular complexity index is 910. The van der Waals surface area contributed by atoms with Crippen molar-refractivity contribution in [3.63, 3.8) is 0 Å². The normalized spacial score (nSPS) is 19.8. The number of carbonyl (C=O) groups excluding carboxylic acids is 2. The molecule has 0 radical (unpaired) electrons. The number of carbonyl (C=O) groups is 2. The van der Waals surface area contributed by atoms with E-state index in [1.54, 1.807) is 13.8 Å².